The minimum Gasteiger partial charge on any atom is -0.309 e. The van der Waals surface area contributed by atoms with E-state index in [-0.39, 0.29) is 0 Å². The number of nitriles is 1. The Balaban J connectivity index is 0.874. The molecule has 16 rings (SSSR count). The third-order valence-electron chi connectivity index (χ3n) is 17.2. The van der Waals surface area contributed by atoms with Gasteiger partial charge >= 0.3 is 12.4 Å². The van der Waals surface area contributed by atoms with Gasteiger partial charge in [0, 0.05) is 60.0 Å². The Hall–Kier alpha value is -11.6. The van der Waals surface area contributed by atoms with Gasteiger partial charge in [0.25, 0.3) is 0 Å². The number of aromatic nitrogens is 4. The lowest BCUT2D eigenvalue weighted by Crippen LogP contribution is -2.07. The lowest BCUT2D eigenvalue weighted by molar-refractivity contribution is -0.138. The summed E-state index contributed by atoms with van der Waals surface area (Å²) >= 11 is 0. The van der Waals surface area contributed by atoms with Gasteiger partial charge < -0.3 is 18.3 Å². The van der Waals surface area contributed by atoms with Crippen molar-refractivity contribution in [3.05, 3.63) is 283 Å². The zero-order chi connectivity index (χ0) is 59.7. The van der Waals surface area contributed by atoms with E-state index in [4.69, 9.17) is 6.57 Å². The predicted molar refractivity (Wildman–Crippen MR) is 341 cm³/mol. The maximum absolute atomic E-state index is 15.1. The second kappa shape index (κ2) is 19.5. The minimum absolute atomic E-state index is 0.340. The van der Waals surface area contributed by atoms with Crippen LogP contribution in [-0.2, 0) is 12.4 Å². The molecule has 0 aliphatic rings. The van der Waals surface area contributed by atoms with Gasteiger partial charge in [-0.3, -0.25) is 0 Å². The van der Waals surface area contributed by atoms with Crippen molar-refractivity contribution in [3.8, 4) is 62.2 Å². The normalized spacial score (nSPS) is 12.2. The molecule has 0 radical (unpaired) electrons. The first kappa shape index (κ1) is 52.0. The monoisotopic (exact) mass is 1150 g/mol. The van der Waals surface area contributed by atoms with Gasteiger partial charge in [-0.2, -0.15) is 31.6 Å². The Morgan fingerprint density at radius 1 is 0.318 bits per heavy atom. The Labute approximate surface area is 497 Å². The summed E-state index contributed by atoms with van der Waals surface area (Å²) in [7, 11) is 0. The average Bonchev–Trinajstić information content (AvgIpc) is 1.73. The second-order valence-electron chi connectivity index (χ2n) is 22.1. The van der Waals surface area contributed by atoms with Crippen molar-refractivity contribution in [2.75, 3.05) is 0 Å². The van der Waals surface area contributed by atoms with Gasteiger partial charge in [-0.15, -0.1) is 0 Å². The molecule has 12 heteroatoms. The SMILES string of the molecule is [C-]#[N+]c1ccc(-n2c3ccccc3c3cc(-c4cc(-n5c6ccccc6c6ccccc65)cc(C(F)(F)F)c4)ccc32)c(-c2cc(C#N)ccc2-n2c3ccccc3c3cc(-c4cc(-n5c6ccccc6c6ccccc65)cc(C(F)(F)F)c4)ccc32)c1. The maximum atomic E-state index is 15.1. The first-order valence-corrected chi connectivity index (χ1v) is 28.4. The summed E-state index contributed by atoms with van der Waals surface area (Å²) in [5, 5.41) is 17.5. The number of hydrogen-bond acceptors (Lipinski definition) is 1. The molecule has 16 aromatic rings. The molecule has 0 fully saturated rings. The van der Waals surface area contributed by atoms with E-state index in [1.165, 1.54) is 24.3 Å². The smallest absolute Gasteiger partial charge is 0.309 e. The summed E-state index contributed by atoms with van der Waals surface area (Å²) in [5.41, 5.74) is 10.5. The number of benzene rings is 12. The van der Waals surface area contributed by atoms with E-state index in [9.17, 15) is 5.26 Å². The molecule has 0 unspecified atom stereocenters. The fourth-order valence-corrected chi connectivity index (χ4v) is 13.4. The molecule has 0 amide bonds. The fourth-order valence-electron chi connectivity index (χ4n) is 13.4. The van der Waals surface area contributed by atoms with Crippen LogP contribution in [0.2, 0.25) is 0 Å². The van der Waals surface area contributed by atoms with Crippen LogP contribution in [0.3, 0.4) is 0 Å². The van der Waals surface area contributed by atoms with E-state index in [2.05, 4.69) is 20.0 Å². The number of halogens is 6. The van der Waals surface area contributed by atoms with Crippen molar-refractivity contribution < 1.29 is 26.3 Å². The zero-order valence-electron chi connectivity index (χ0n) is 46.2. The van der Waals surface area contributed by atoms with E-state index in [0.717, 1.165) is 87.2 Å². The van der Waals surface area contributed by atoms with Crippen LogP contribution in [-0.4, -0.2) is 18.3 Å². The van der Waals surface area contributed by atoms with Gasteiger partial charge in [-0.05, 0) is 155 Å². The lowest BCUT2D eigenvalue weighted by atomic mass is 9.97. The topological polar surface area (TPSA) is 47.9 Å². The molecule has 0 saturated heterocycles. The highest BCUT2D eigenvalue weighted by atomic mass is 19.4. The van der Waals surface area contributed by atoms with Crippen molar-refractivity contribution in [2.24, 2.45) is 0 Å². The van der Waals surface area contributed by atoms with Gasteiger partial charge in [-0.25, -0.2) is 4.85 Å². The molecule has 0 bridgehead atoms. The first-order valence-electron chi connectivity index (χ1n) is 28.4. The number of alkyl halides is 6. The molecular weight excluding hydrogens is 1110 g/mol. The molecule has 0 aliphatic heterocycles. The van der Waals surface area contributed by atoms with Crippen LogP contribution in [0.25, 0.3) is 148 Å². The quantitative estimate of drug-likeness (QED) is 0.116. The molecule has 88 heavy (non-hydrogen) atoms. The Morgan fingerprint density at radius 3 is 1.03 bits per heavy atom. The zero-order valence-corrected chi connectivity index (χ0v) is 46.2. The summed E-state index contributed by atoms with van der Waals surface area (Å²) in [6.07, 6.45) is -9.32. The third-order valence-corrected chi connectivity index (χ3v) is 17.2. The van der Waals surface area contributed by atoms with Gasteiger partial charge in [0.15, 0.2) is 5.69 Å². The largest absolute Gasteiger partial charge is 0.416 e. The van der Waals surface area contributed by atoms with Crippen LogP contribution in [0.5, 0.6) is 0 Å². The van der Waals surface area contributed by atoms with E-state index >= 15 is 26.3 Å². The van der Waals surface area contributed by atoms with Crippen LogP contribution in [0.4, 0.5) is 32.0 Å². The summed E-state index contributed by atoms with van der Waals surface area (Å²) in [6, 6.07) is 79.5. The molecule has 6 nitrogen and oxygen atoms in total. The highest BCUT2D eigenvalue weighted by Gasteiger charge is 2.34. The van der Waals surface area contributed by atoms with Crippen LogP contribution < -0.4 is 0 Å². The second-order valence-corrected chi connectivity index (χ2v) is 22.1. The molecule has 0 spiro atoms. The minimum atomic E-state index is -4.66. The van der Waals surface area contributed by atoms with Crippen molar-refractivity contribution in [3.63, 3.8) is 0 Å². The van der Waals surface area contributed by atoms with Crippen molar-refractivity contribution >= 4 is 92.9 Å². The van der Waals surface area contributed by atoms with E-state index in [1.807, 2.05) is 228 Å². The van der Waals surface area contributed by atoms with Gasteiger partial charge in [0.05, 0.1) is 84.8 Å². The molecule has 4 heterocycles. The van der Waals surface area contributed by atoms with E-state index in [0.29, 0.717) is 67.4 Å². The Kier molecular flexibility index (Phi) is 11.5. The molecular formula is C76H42F6N6. The molecule has 0 aliphatic carbocycles. The van der Waals surface area contributed by atoms with Crippen LogP contribution in [0.15, 0.2) is 255 Å². The van der Waals surface area contributed by atoms with Crippen LogP contribution in [0, 0.1) is 17.9 Å². The summed E-state index contributed by atoms with van der Waals surface area (Å²) in [6.45, 7) is 8.28. The molecule has 0 N–H and O–H groups in total. The summed E-state index contributed by atoms with van der Waals surface area (Å²) < 4.78 is 98.6. The molecule has 418 valence electrons. The van der Waals surface area contributed by atoms with Crippen molar-refractivity contribution in [1.82, 2.24) is 18.3 Å². The Morgan fingerprint density at radius 2 is 0.659 bits per heavy atom. The molecule has 0 saturated carbocycles. The molecule has 0 atom stereocenters. The van der Waals surface area contributed by atoms with Crippen LogP contribution >= 0.6 is 0 Å². The first-order chi connectivity index (χ1) is 42.8. The standard InChI is InChI=1S/C76H42F6N6/c1-84-52-29-33-74(88-70-25-13-7-19-60(70)63-40-47(28-32-73(63)88)49-36-51(76(80,81)82)42-54(38-49)86-67-22-10-4-16-57(67)58-17-5-11-23-68(58)86)64(43-52)61-34-45(44-83)26-30-71(61)87-69-24-12-6-18-59(69)62-39-46(27-31-72(62)87)48-35-50(75(77,78)79)41-53(37-48)85-65-20-8-2-14-55(65)56-15-3-9-21-66(56)85/h2-43H. The van der Waals surface area contributed by atoms with Gasteiger partial charge in [0.1, 0.15) is 0 Å². The number of nitrogens with zero attached hydrogens (tertiary/aromatic N) is 6. The number of fused-ring (bicyclic) bond motifs is 12. The lowest BCUT2D eigenvalue weighted by Gasteiger charge is -2.19. The molecule has 4 aromatic heterocycles. The maximum Gasteiger partial charge on any atom is 0.416 e. The number of hydrogen-bond donors (Lipinski definition) is 0. The Bertz CT molecular complexity index is 5260. The fraction of sp³-hybridized carbons (Fsp3) is 0.0263. The highest BCUT2D eigenvalue weighted by molar-refractivity contribution is 6.14. The summed E-state index contributed by atoms with van der Waals surface area (Å²) in [5.74, 6) is 0. The van der Waals surface area contributed by atoms with Gasteiger partial charge in [0.2, 0.25) is 0 Å². The van der Waals surface area contributed by atoms with Crippen molar-refractivity contribution in [1.29, 1.82) is 5.26 Å². The van der Waals surface area contributed by atoms with Crippen molar-refractivity contribution in [2.45, 2.75) is 12.4 Å². The summed E-state index contributed by atoms with van der Waals surface area (Å²) in [4.78, 5) is 3.89. The predicted octanol–water partition coefficient (Wildman–Crippen LogP) is 21.5. The number of para-hydroxylation sites is 6. The van der Waals surface area contributed by atoms with Gasteiger partial charge in [-0.1, -0.05) is 127 Å². The third kappa shape index (κ3) is 8.10. The number of rotatable bonds is 7. The molecule has 12 aromatic carbocycles. The van der Waals surface area contributed by atoms with Crippen LogP contribution in [0.1, 0.15) is 16.7 Å². The highest BCUT2D eigenvalue weighted by Crippen LogP contribution is 2.46. The average molecular weight is 1150 g/mol. The van der Waals surface area contributed by atoms with E-state index < -0.39 is 23.5 Å². The van der Waals surface area contributed by atoms with E-state index in [1.54, 1.807) is 12.1 Å².